The quantitative estimate of drug-likeness (QED) is 0.193. The largest absolute Gasteiger partial charge is 0.309 e. The number of pyridine rings is 1. The molecule has 0 spiro atoms. The van der Waals surface area contributed by atoms with Crippen molar-refractivity contribution in [3.05, 3.63) is 158 Å². The molecule has 0 fully saturated rings. The summed E-state index contributed by atoms with van der Waals surface area (Å²) >= 11 is 1.75. The van der Waals surface area contributed by atoms with Gasteiger partial charge in [0.25, 0.3) is 0 Å². The Bertz CT molecular complexity index is 2490. The number of fused-ring (bicyclic) bond motifs is 8. The zero-order chi connectivity index (χ0) is 29.0. The first-order chi connectivity index (χ1) is 21.8. The molecule has 0 saturated heterocycles. The summed E-state index contributed by atoms with van der Waals surface area (Å²) in [7, 11) is 0. The summed E-state index contributed by atoms with van der Waals surface area (Å²) in [6.45, 7) is 0. The van der Waals surface area contributed by atoms with E-state index >= 15 is 0 Å². The maximum absolute atomic E-state index is 4.73. The van der Waals surface area contributed by atoms with Gasteiger partial charge < -0.3 is 4.90 Å². The first-order valence-corrected chi connectivity index (χ1v) is 15.7. The zero-order valence-corrected chi connectivity index (χ0v) is 24.6. The van der Waals surface area contributed by atoms with E-state index in [0.29, 0.717) is 0 Å². The molecule has 2 heterocycles. The molecule has 2 aromatic heterocycles. The monoisotopic (exact) mass is 578 g/mol. The van der Waals surface area contributed by atoms with E-state index < -0.39 is 0 Å². The van der Waals surface area contributed by atoms with Gasteiger partial charge in [0.15, 0.2) is 0 Å². The fourth-order valence-electron chi connectivity index (χ4n) is 6.71. The first kappa shape index (κ1) is 25.0. The Morgan fingerprint density at radius 3 is 2.02 bits per heavy atom. The molecule has 0 N–H and O–H groups in total. The molecule has 9 aromatic rings. The summed E-state index contributed by atoms with van der Waals surface area (Å²) in [5.41, 5.74) is 5.84. The Labute approximate surface area is 259 Å². The number of rotatable bonds is 4. The number of hydrogen-bond donors (Lipinski definition) is 0. The van der Waals surface area contributed by atoms with Crippen LogP contribution in [0.4, 0.5) is 17.1 Å². The Hall–Kier alpha value is -5.51. The highest BCUT2D eigenvalue weighted by Crippen LogP contribution is 2.48. The second kappa shape index (κ2) is 10.0. The molecule has 0 radical (unpaired) electrons. The Kier molecular flexibility index (Phi) is 5.71. The number of nitrogens with zero attached hydrogens (tertiary/aromatic N) is 2. The lowest BCUT2D eigenvalue weighted by molar-refractivity contribution is 1.32. The van der Waals surface area contributed by atoms with Gasteiger partial charge in [-0.1, -0.05) is 109 Å². The summed E-state index contributed by atoms with van der Waals surface area (Å²) in [5, 5.41) is 9.96. The van der Waals surface area contributed by atoms with Crippen LogP contribution in [0.1, 0.15) is 0 Å². The van der Waals surface area contributed by atoms with Crippen LogP contribution in [-0.4, -0.2) is 4.98 Å². The Morgan fingerprint density at radius 1 is 0.455 bits per heavy atom. The van der Waals surface area contributed by atoms with Crippen LogP contribution in [0, 0.1) is 0 Å². The lowest BCUT2D eigenvalue weighted by Crippen LogP contribution is -2.11. The molecule has 9 rings (SSSR count). The molecule has 7 aromatic carbocycles. The predicted molar refractivity (Wildman–Crippen MR) is 190 cm³/mol. The zero-order valence-electron chi connectivity index (χ0n) is 23.8. The highest BCUT2D eigenvalue weighted by atomic mass is 32.1. The number of aromatic nitrogens is 1. The van der Waals surface area contributed by atoms with Crippen molar-refractivity contribution in [3.8, 4) is 11.1 Å². The van der Waals surface area contributed by atoms with Crippen molar-refractivity contribution in [3.63, 3.8) is 0 Å². The van der Waals surface area contributed by atoms with Crippen molar-refractivity contribution in [1.29, 1.82) is 0 Å². The summed E-state index contributed by atoms with van der Waals surface area (Å²) in [6.07, 6.45) is 1.89. The molecule has 0 atom stereocenters. The summed E-state index contributed by atoms with van der Waals surface area (Å²) < 4.78 is 1.23. The third kappa shape index (κ3) is 3.90. The van der Waals surface area contributed by atoms with E-state index in [1.165, 1.54) is 58.9 Å². The van der Waals surface area contributed by atoms with Crippen molar-refractivity contribution in [1.82, 2.24) is 4.98 Å². The van der Waals surface area contributed by atoms with Gasteiger partial charge in [-0.15, -0.1) is 11.3 Å². The van der Waals surface area contributed by atoms with Gasteiger partial charge in [0.2, 0.25) is 0 Å². The van der Waals surface area contributed by atoms with Gasteiger partial charge >= 0.3 is 0 Å². The van der Waals surface area contributed by atoms with Gasteiger partial charge in [0.05, 0.1) is 11.4 Å². The van der Waals surface area contributed by atoms with Crippen molar-refractivity contribution in [2.75, 3.05) is 4.90 Å². The fourth-order valence-corrected chi connectivity index (χ4v) is 7.78. The van der Waals surface area contributed by atoms with E-state index in [-0.39, 0.29) is 0 Å². The van der Waals surface area contributed by atoms with E-state index in [1.807, 2.05) is 12.3 Å². The minimum absolute atomic E-state index is 1.06. The fraction of sp³-hybridized carbons (Fsp3) is 0. The number of hydrogen-bond acceptors (Lipinski definition) is 3. The van der Waals surface area contributed by atoms with Crippen molar-refractivity contribution < 1.29 is 0 Å². The summed E-state index contributed by atoms with van der Waals surface area (Å²) in [5.74, 6) is 0. The average Bonchev–Trinajstić information content (AvgIpc) is 3.48. The van der Waals surface area contributed by atoms with E-state index in [4.69, 9.17) is 4.98 Å². The van der Waals surface area contributed by atoms with Crippen molar-refractivity contribution >= 4 is 81.0 Å². The van der Waals surface area contributed by atoms with Gasteiger partial charge in [-0.2, -0.15) is 0 Å². The van der Waals surface area contributed by atoms with Crippen LogP contribution in [0.5, 0.6) is 0 Å². The van der Waals surface area contributed by atoms with Crippen LogP contribution in [0.25, 0.3) is 63.7 Å². The van der Waals surface area contributed by atoms with Gasteiger partial charge in [-0.3, -0.25) is 0 Å². The first-order valence-electron chi connectivity index (χ1n) is 14.9. The second-order valence-electron chi connectivity index (χ2n) is 11.2. The maximum atomic E-state index is 4.73. The molecule has 3 heteroatoms. The molecule has 0 amide bonds. The molecule has 0 bridgehead atoms. The van der Waals surface area contributed by atoms with Crippen LogP contribution in [0.2, 0.25) is 0 Å². The molecule has 0 aliphatic heterocycles. The van der Waals surface area contributed by atoms with E-state index in [1.54, 1.807) is 11.3 Å². The lowest BCUT2D eigenvalue weighted by Gasteiger charge is -2.29. The van der Waals surface area contributed by atoms with Crippen LogP contribution in [0.15, 0.2) is 158 Å². The molecule has 44 heavy (non-hydrogen) atoms. The molecule has 0 saturated carbocycles. The van der Waals surface area contributed by atoms with Gasteiger partial charge in [0, 0.05) is 32.7 Å². The minimum atomic E-state index is 1.06. The summed E-state index contributed by atoms with van der Waals surface area (Å²) in [6, 6.07) is 54.9. The SMILES string of the molecule is c1ccc(-c2ccc(N(c3cc4ccc5ccccc5c4c4ccccc34)c3cccc4sc5ncccc5c34)cc2)cc1. The van der Waals surface area contributed by atoms with Gasteiger partial charge in [0.1, 0.15) is 4.83 Å². The third-order valence-electron chi connectivity index (χ3n) is 8.69. The number of thiophene rings is 1. The predicted octanol–water partition coefficient (Wildman–Crippen LogP) is 12.0. The molecule has 2 nitrogen and oxygen atoms in total. The average molecular weight is 579 g/mol. The third-order valence-corrected chi connectivity index (χ3v) is 9.77. The summed E-state index contributed by atoms with van der Waals surface area (Å²) in [4.78, 5) is 8.24. The number of benzene rings is 7. The molecular formula is C41H26N2S. The molecule has 0 aliphatic carbocycles. The van der Waals surface area contributed by atoms with Crippen LogP contribution < -0.4 is 4.90 Å². The van der Waals surface area contributed by atoms with E-state index in [0.717, 1.165) is 21.9 Å². The highest BCUT2D eigenvalue weighted by Gasteiger charge is 2.22. The van der Waals surface area contributed by atoms with Crippen LogP contribution >= 0.6 is 11.3 Å². The van der Waals surface area contributed by atoms with E-state index in [9.17, 15) is 0 Å². The van der Waals surface area contributed by atoms with Gasteiger partial charge in [-0.25, -0.2) is 4.98 Å². The minimum Gasteiger partial charge on any atom is -0.309 e. The van der Waals surface area contributed by atoms with Crippen LogP contribution in [0.3, 0.4) is 0 Å². The molecule has 0 aliphatic rings. The second-order valence-corrected chi connectivity index (χ2v) is 12.2. The standard InChI is InChI=1S/C41H26N2S/c1-2-10-27(11-3-1)28-21-23-31(24-22-28)43(36-17-8-18-38-40(36)35-16-9-25-42-41(35)44-38)37-26-30-20-19-29-12-4-5-13-32(29)39(30)34-15-7-6-14-33(34)37/h1-26H. The molecule has 0 unspecified atom stereocenters. The van der Waals surface area contributed by atoms with Crippen molar-refractivity contribution in [2.24, 2.45) is 0 Å². The smallest absolute Gasteiger partial charge is 0.124 e. The van der Waals surface area contributed by atoms with Crippen molar-refractivity contribution in [2.45, 2.75) is 0 Å². The Morgan fingerprint density at radius 2 is 1.16 bits per heavy atom. The van der Waals surface area contributed by atoms with Crippen LogP contribution in [-0.2, 0) is 0 Å². The van der Waals surface area contributed by atoms with Gasteiger partial charge in [-0.05, 0) is 80.5 Å². The Balaban J connectivity index is 1.37. The molecular weight excluding hydrogens is 553 g/mol. The highest BCUT2D eigenvalue weighted by molar-refractivity contribution is 7.25. The van der Waals surface area contributed by atoms with E-state index in [2.05, 4.69) is 150 Å². The lowest BCUT2D eigenvalue weighted by atomic mass is 9.94. The normalized spacial score (nSPS) is 11.6. The maximum Gasteiger partial charge on any atom is 0.124 e. The number of anilines is 3. The molecule has 206 valence electrons. The topological polar surface area (TPSA) is 16.1 Å².